The van der Waals surface area contributed by atoms with E-state index in [0.717, 1.165) is 17.5 Å². The van der Waals surface area contributed by atoms with E-state index in [2.05, 4.69) is 27.5 Å². The molecular weight excluding hydrogens is 269 g/mol. The molecule has 0 bridgehead atoms. The number of alkyl halides is 1. The van der Waals surface area contributed by atoms with Crippen LogP contribution in [0.15, 0.2) is 0 Å². The predicted octanol–water partition coefficient (Wildman–Crippen LogP) is 0.239. The van der Waals surface area contributed by atoms with Gasteiger partial charge >= 0.3 is 0 Å². The molecule has 1 heterocycles. The molecule has 0 unspecified atom stereocenters. The summed E-state index contributed by atoms with van der Waals surface area (Å²) in [6.45, 7) is 2.61. The molecule has 0 saturated carbocycles. The summed E-state index contributed by atoms with van der Waals surface area (Å²) in [7, 11) is 0. The summed E-state index contributed by atoms with van der Waals surface area (Å²) in [5.74, 6) is 0. The Balaban J connectivity index is 2.21. The van der Waals surface area contributed by atoms with Crippen LogP contribution in [0.3, 0.4) is 0 Å². The minimum Gasteiger partial charge on any atom is -0.390 e. The standard InChI is InChI=1S/C8H16INO2/c9-3-1-4-10-5-2-7(11)8(12)6-10/h7-8,11-12H,1-6H2/t7-,8+/m1/s1. The van der Waals surface area contributed by atoms with Gasteiger partial charge in [-0.3, -0.25) is 0 Å². The molecule has 72 valence electrons. The normalized spacial score (nSPS) is 32.2. The Morgan fingerprint density at radius 2 is 2.08 bits per heavy atom. The van der Waals surface area contributed by atoms with Gasteiger partial charge in [0, 0.05) is 17.5 Å². The lowest BCUT2D eigenvalue weighted by Crippen LogP contribution is -2.46. The van der Waals surface area contributed by atoms with Crippen molar-refractivity contribution in [2.24, 2.45) is 0 Å². The molecule has 1 rings (SSSR count). The maximum absolute atomic E-state index is 9.35. The van der Waals surface area contributed by atoms with Crippen LogP contribution < -0.4 is 0 Å². The number of piperidine rings is 1. The van der Waals surface area contributed by atoms with Gasteiger partial charge in [0.2, 0.25) is 0 Å². The number of nitrogens with zero attached hydrogens (tertiary/aromatic N) is 1. The number of β-amino-alcohol motifs (C(OH)–C–C–N with tert-alkyl or cyclic N) is 1. The van der Waals surface area contributed by atoms with Crippen LogP contribution in [-0.2, 0) is 0 Å². The lowest BCUT2D eigenvalue weighted by Gasteiger charge is -2.33. The number of aliphatic hydroxyl groups is 2. The smallest absolute Gasteiger partial charge is 0.0926 e. The van der Waals surface area contributed by atoms with E-state index in [1.165, 1.54) is 6.42 Å². The first-order valence-electron chi connectivity index (χ1n) is 4.38. The van der Waals surface area contributed by atoms with Crippen molar-refractivity contribution in [3.8, 4) is 0 Å². The minimum atomic E-state index is -0.534. The maximum Gasteiger partial charge on any atom is 0.0926 e. The molecule has 0 spiro atoms. The topological polar surface area (TPSA) is 43.7 Å². The monoisotopic (exact) mass is 285 g/mol. The van der Waals surface area contributed by atoms with Gasteiger partial charge < -0.3 is 15.1 Å². The second-order valence-corrected chi connectivity index (χ2v) is 4.35. The number of likely N-dealkylation sites (tertiary alicyclic amines) is 1. The van der Waals surface area contributed by atoms with Crippen molar-refractivity contribution < 1.29 is 10.2 Å². The van der Waals surface area contributed by atoms with Crippen molar-refractivity contribution in [3.05, 3.63) is 0 Å². The van der Waals surface area contributed by atoms with Crippen molar-refractivity contribution in [3.63, 3.8) is 0 Å². The zero-order valence-corrected chi connectivity index (χ0v) is 9.27. The highest BCUT2D eigenvalue weighted by Gasteiger charge is 2.24. The molecule has 4 heteroatoms. The Kier molecular flexibility index (Phi) is 4.78. The van der Waals surface area contributed by atoms with Gasteiger partial charge in [-0.05, 0) is 19.4 Å². The second-order valence-electron chi connectivity index (χ2n) is 3.27. The molecule has 12 heavy (non-hydrogen) atoms. The minimum absolute atomic E-state index is 0.499. The molecular formula is C8H16INO2. The van der Waals surface area contributed by atoms with Gasteiger partial charge in [0.25, 0.3) is 0 Å². The number of halogens is 1. The fourth-order valence-corrected chi connectivity index (χ4v) is 1.81. The maximum atomic E-state index is 9.35. The van der Waals surface area contributed by atoms with Crippen molar-refractivity contribution in [1.29, 1.82) is 0 Å². The summed E-state index contributed by atoms with van der Waals surface area (Å²) in [6.07, 6.45) is 0.847. The van der Waals surface area contributed by atoms with Crippen LogP contribution in [0.4, 0.5) is 0 Å². The summed E-state index contributed by atoms with van der Waals surface area (Å²) >= 11 is 2.35. The van der Waals surface area contributed by atoms with Gasteiger partial charge in [0.15, 0.2) is 0 Å². The molecule has 1 saturated heterocycles. The van der Waals surface area contributed by atoms with E-state index in [9.17, 15) is 10.2 Å². The van der Waals surface area contributed by atoms with E-state index >= 15 is 0 Å². The molecule has 1 aliphatic heterocycles. The van der Waals surface area contributed by atoms with Gasteiger partial charge in [0.05, 0.1) is 12.2 Å². The van der Waals surface area contributed by atoms with Gasteiger partial charge in [-0.2, -0.15) is 0 Å². The van der Waals surface area contributed by atoms with Gasteiger partial charge in [0.1, 0.15) is 0 Å². The highest BCUT2D eigenvalue weighted by Crippen LogP contribution is 2.11. The Morgan fingerprint density at radius 3 is 2.67 bits per heavy atom. The Labute approximate surface area is 86.9 Å². The Morgan fingerprint density at radius 1 is 1.33 bits per heavy atom. The van der Waals surface area contributed by atoms with Crippen LogP contribution in [0.25, 0.3) is 0 Å². The molecule has 0 aromatic carbocycles. The molecule has 0 aromatic heterocycles. The van der Waals surface area contributed by atoms with Crippen LogP contribution in [0.2, 0.25) is 0 Å². The van der Waals surface area contributed by atoms with Crippen LogP contribution in [-0.4, -0.2) is 51.4 Å². The molecule has 2 atom stereocenters. The quantitative estimate of drug-likeness (QED) is 0.576. The summed E-state index contributed by atoms with van der Waals surface area (Å²) in [5, 5.41) is 18.6. The molecule has 2 N–H and O–H groups in total. The Hall–Kier alpha value is 0.610. The number of hydrogen-bond donors (Lipinski definition) is 2. The Bertz CT molecular complexity index is 132. The largest absolute Gasteiger partial charge is 0.390 e. The van der Waals surface area contributed by atoms with E-state index in [1.54, 1.807) is 0 Å². The first-order chi connectivity index (χ1) is 5.74. The lowest BCUT2D eigenvalue weighted by atomic mass is 10.1. The molecule has 1 fully saturated rings. The molecule has 0 radical (unpaired) electrons. The van der Waals surface area contributed by atoms with Crippen molar-refractivity contribution >= 4 is 22.6 Å². The average Bonchev–Trinajstić information content (AvgIpc) is 2.07. The van der Waals surface area contributed by atoms with Crippen molar-refractivity contribution in [2.45, 2.75) is 25.0 Å². The highest BCUT2D eigenvalue weighted by molar-refractivity contribution is 14.1. The van der Waals surface area contributed by atoms with Crippen LogP contribution in [0, 0.1) is 0 Å². The van der Waals surface area contributed by atoms with Crippen molar-refractivity contribution in [1.82, 2.24) is 4.90 Å². The third-order valence-electron chi connectivity index (χ3n) is 2.24. The first kappa shape index (κ1) is 10.7. The third kappa shape index (κ3) is 3.16. The number of rotatable bonds is 3. The van der Waals surface area contributed by atoms with E-state index in [-0.39, 0.29) is 0 Å². The SMILES string of the molecule is O[C@@H]1CCN(CCCI)C[C@@H]1O. The average molecular weight is 285 g/mol. The summed E-state index contributed by atoms with van der Waals surface area (Å²) < 4.78 is 1.16. The summed E-state index contributed by atoms with van der Waals surface area (Å²) in [5.41, 5.74) is 0. The summed E-state index contributed by atoms with van der Waals surface area (Å²) in [4.78, 5) is 2.22. The van der Waals surface area contributed by atoms with E-state index < -0.39 is 12.2 Å². The number of hydrogen-bond acceptors (Lipinski definition) is 3. The molecule has 3 nitrogen and oxygen atoms in total. The van der Waals surface area contributed by atoms with E-state index in [1.807, 2.05) is 0 Å². The first-order valence-corrected chi connectivity index (χ1v) is 5.91. The van der Waals surface area contributed by atoms with Crippen LogP contribution in [0.1, 0.15) is 12.8 Å². The predicted molar refractivity (Wildman–Crippen MR) is 56.6 cm³/mol. The molecule has 1 aliphatic rings. The molecule has 0 aromatic rings. The molecule has 0 aliphatic carbocycles. The van der Waals surface area contributed by atoms with Crippen LogP contribution >= 0.6 is 22.6 Å². The van der Waals surface area contributed by atoms with Crippen LogP contribution in [0.5, 0.6) is 0 Å². The van der Waals surface area contributed by atoms with Gasteiger partial charge in [-0.15, -0.1) is 0 Å². The fraction of sp³-hybridized carbons (Fsp3) is 1.00. The van der Waals surface area contributed by atoms with Crippen molar-refractivity contribution in [2.75, 3.05) is 24.1 Å². The van der Waals surface area contributed by atoms with Gasteiger partial charge in [-0.25, -0.2) is 0 Å². The lowest BCUT2D eigenvalue weighted by molar-refractivity contribution is -0.0380. The molecule has 0 amide bonds. The fourth-order valence-electron chi connectivity index (χ4n) is 1.47. The highest BCUT2D eigenvalue weighted by atomic mass is 127. The summed E-state index contributed by atoms with van der Waals surface area (Å²) in [6, 6.07) is 0. The van der Waals surface area contributed by atoms with Gasteiger partial charge in [-0.1, -0.05) is 22.6 Å². The zero-order chi connectivity index (χ0) is 8.97. The van der Waals surface area contributed by atoms with E-state index in [4.69, 9.17) is 0 Å². The number of aliphatic hydroxyl groups excluding tert-OH is 2. The second kappa shape index (κ2) is 5.36. The third-order valence-corrected chi connectivity index (χ3v) is 3.00. The van der Waals surface area contributed by atoms with E-state index in [0.29, 0.717) is 13.0 Å². The zero-order valence-electron chi connectivity index (χ0n) is 7.12.